The van der Waals surface area contributed by atoms with Gasteiger partial charge in [-0.1, -0.05) is 36.4 Å². The molecule has 1 aliphatic carbocycles. The van der Waals surface area contributed by atoms with Crippen molar-refractivity contribution in [3.05, 3.63) is 87.1 Å². The van der Waals surface area contributed by atoms with Crippen LogP contribution in [0.15, 0.2) is 59.7 Å². The van der Waals surface area contributed by atoms with E-state index in [0.717, 1.165) is 29.7 Å². The number of H-pyrrole nitrogens is 1. The number of fused-ring (bicyclic) bond motifs is 3. The van der Waals surface area contributed by atoms with Crippen LogP contribution in [0.5, 0.6) is 0 Å². The fourth-order valence-electron chi connectivity index (χ4n) is 3.38. The van der Waals surface area contributed by atoms with E-state index in [9.17, 15) is 14.9 Å². The number of nitrogens with zero attached hydrogens (tertiary/aromatic N) is 3. The lowest BCUT2D eigenvalue weighted by molar-refractivity contribution is -0.385. The second-order valence-corrected chi connectivity index (χ2v) is 6.48. The average Bonchev–Trinajstić information content (AvgIpc) is 3.18. The predicted octanol–water partition coefficient (Wildman–Crippen LogP) is 3.51. The summed E-state index contributed by atoms with van der Waals surface area (Å²) >= 11 is 0. The second-order valence-electron chi connectivity index (χ2n) is 6.48. The number of amides is 1. The summed E-state index contributed by atoms with van der Waals surface area (Å²) in [5.74, 6) is -0.381. The number of aryl methyl sites for hydroxylation is 1. The van der Waals surface area contributed by atoms with Crippen LogP contribution in [-0.4, -0.2) is 27.2 Å². The molecule has 4 rings (SSSR count). The predicted molar refractivity (Wildman–Crippen MR) is 110 cm³/mol. The Morgan fingerprint density at radius 1 is 1.17 bits per heavy atom. The van der Waals surface area contributed by atoms with Crippen molar-refractivity contribution in [1.82, 2.24) is 15.6 Å². The summed E-state index contributed by atoms with van der Waals surface area (Å²) < 4.78 is 0. The summed E-state index contributed by atoms with van der Waals surface area (Å²) in [4.78, 5) is 23.0. The van der Waals surface area contributed by atoms with E-state index in [4.69, 9.17) is 0 Å². The van der Waals surface area contributed by atoms with Crippen molar-refractivity contribution in [2.45, 2.75) is 12.8 Å². The normalized spacial score (nSPS) is 12.7. The first kappa shape index (κ1) is 18.3. The van der Waals surface area contributed by atoms with Gasteiger partial charge in [0.15, 0.2) is 0 Å². The number of carbonyl (C=O) groups excluding carboxylic acids is 1. The molecule has 0 fully saturated rings. The first-order valence-electron chi connectivity index (χ1n) is 9.04. The van der Waals surface area contributed by atoms with Crippen molar-refractivity contribution in [3.63, 3.8) is 0 Å². The van der Waals surface area contributed by atoms with Crippen molar-refractivity contribution >= 4 is 23.9 Å². The molecule has 1 amide bonds. The first-order chi connectivity index (χ1) is 14.1. The summed E-state index contributed by atoms with van der Waals surface area (Å²) in [6.07, 6.45) is 6.04. The molecule has 0 bridgehead atoms. The highest BCUT2D eigenvalue weighted by Gasteiger charge is 2.24. The van der Waals surface area contributed by atoms with Gasteiger partial charge in [0.1, 0.15) is 5.69 Å². The maximum Gasteiger partial charge on any atom is 0.289 e. The van der Waals surface area contributed by atoms with Gasteiger partial charge in [0.2, 0.25) is 0 Å². The molecule has 1 aliphatic rings. The Hall–Kier alpha value is -4.07. The van der Waals surface area contributed by atoms with Crippen LogP contribution >= 0.6 is 0 Å². The molecule has 8 heteroatoms. The Bertz CT molecular complexity index is 1150. The van der Waals surface area contributed by atoms with E-state index in [1.807, 2.05) is 18.2 Å². The van der Waals surface area contributed by atoms with Crippen LogP contribution in [0.1, 0.15) is 27.2 Å². The van der Waals surface area contributed by atoms with Crippen LogP contribution in [0.2, 0.25) is 0 Å². The van der Waals surface area contributed by atoms with E-state index in [2.05, 4.69) is 26.8 Å². The molecule has 144 valence electrons. The number of benzene rings is 2. The Balaban J connectivity index is 1.44. The van der Waals surface area contributed by atoms with Gasteiger partial charge in [0.25, 0.3) is 11.6 Å². The highest BCUT2D eigenvalue weighted by molar-refractivity contribution is 5.96. The van der Waals surface area contributed by atoms with Gasteiger partial charge < -0.3 is 0 Å². The Morgan fingerprint density at radius 3 is 2.83 bits per heavy atom. The van der Waals surface area contributed by atoms with Gasteiger partial charge in [-0.2, -0.15) is 10.2 Å². The van der Waals surface area contributed by atoms with Crippen LogP contribution in [0, 0.1) is 10.1 Å². The summed E-state index contributed by atoms with van der Waals surface area (Å²) in [6, 6.07) is 14.4. The maximum atomic E-state index is 12.5. The van der Waals surface area contributed by atoms with Gasteiger partial charge in [-0.3, -0.25) is 20.0 Å². The van der Waals surface area contributed by atoms with E-state index >= 15 is 0 Å². The fourth-order valence-corrected chi connectivity index (χ4v) is 3.38. The van der Waals surface area contributed by atoms with Crippen molar-refractivity contribution in [2.75, 3.05) is 0 Å². The molecule has 0 radical (unpaired) electrons. The van der Waals surface area contributed by atoms with E-state index in [1.165, 1.54) is 23.9 Å². The molecule has 2 aromatic carbocycles. The highest BCUT2D eigenvalue weighted by Crippen LogP contribution is 2.33. The molecule has 0 saturated heterocycles. The van der Waals surface area contributed by atoms with E-state index in [1.54, 1.807) is 24.3 Å². The van der Waals surface area contributed by atoms with Gasteiger partial charge >= 0.3 is 0 Å². The highest BCUT2D eigenvalue weighted by atomic mass is 16.6. The number of hydrogen-bond donors (Lipinski definition) is 2. The minimum absolute atomic E-state index is 0.00514. The van der Waals surface area contributed by atoms with Crippen molar-refractivity contribution in [2.24, 2.45) is 5.10 Å². The van der Waals surface area contributed by atoms with E-state index < -0.39 is 4.92 Å². The quantitative estimate of drug-likeness (QED) is 0.396. The number of carbonyl (C=O) groups is 1. The van der Waals surface area contributed by atoms with Crippen molar-refractivity contribution in [3.8, 4) is 11.3 Å². The zero-order valence-electron chi connectivity index (χ0n) is 15.3. The van der Waals surface area contributed by atoms with Crippen molar-refractivity contribution in [1.29, 1.82) is 0 Å². The number of hydrazone groups is 1. The molecule has 0 atom stereocenters. The molecule has 0 unspecified atom stereocenters. The third-order valence-corrected chi connectivity index (χ3v) is 4.75. The minimum atomic E-state index is -0.446. The second kappa shape index (κ2) is 7.89. The monoisotopic (exact) mass is 387 g/mol. The first-order valence-corrected chi connectivity index (χ1v) is 9.04. The molecular formula is C21H17N5O3. The molecule has 3 aromatic rings. The molecule has 0 saturated carbocycles. The third kappa shape index (κ3) is 3.68. The zero-order valence-corrected chi connectivity index (χ0v) is 15.3. The number of para-hydroxylation sites is 1. The molecule has 2 N–H and O–H groups in total. The maximum absolute atomic E-state index is 12.5. The van der Waals surface area contributed by atoms with Gasteiger partial charge in [0, 0.05) is 23.4 Å². The van der Waals surface area contributed by atoms with Gasteiger partial charge in [0.05, 0.1) is 16.2 Å². The van der Waals surface area contributed by atoms with Gasteiger partial charge in [-0.25, -0.2) is 5.43 Å². The zero-order chi connectivity index (χ0) is 20.2. The van der Waals surface area contributed by atoms with Crippen LogP contribution in [0.25, 0.3) is 17.3 Å². The molecule has 8 nitrogen and oxygen atoms in total. The summed E-state index contributed by atoms with van der Waals surface area (Å²) in [5, 5.41) is 22.0. The largest absolute Gasteiger partial charge is 0.289 e. The number of allylic oxidation sites excluding steroid dienone is 1. The summed E-state index contributed by atoms with van der Waals surface area (Å²) in [7, 11) is 0. The number of nitro benzene ring substituents is 1. The fraction of sp³-hybridized carbons (Fsp3) is 0.0952. The lowest BCUT2D eigenvalue weighted by Gasteiger charge is -2.15. The SMILES string of the molecule is O=C(N/N=C\C=C/c1ccccc1[N+](=O)[O-])c1[nH]nc2c1CCc1ccccc1-2. The molecule has 29 heavy (non-hydrogen) atoms. The van der Waals surface area contributed by atoms with Crippen LogP contribution in [0.4, 0.5) is 5.69 Å². The Kier molecular flexibility index (Phi) is 4.98. The molecule has 0 spiro atoms. The lowest BCUT2D eigenvalue weighted by Crippen LogP contribution is -2.20. The van der Waals surface area contributed by atoms with Crippen LogP contribution in [-0.2, 0) is 12.8 Å². The lowest BCUT2D eigenvalue weighted by atomic mass is 9.89. The smallest absolute Gasteiger partial charge is 0.272 e. The van der Waals surface area contributed by atoms with Gasteiger partial charge in [-0.15, -0.1) is 0 Å². The topological polar surface area (TPSA) is 113 Å². The van der Waals surface area contributed by atoms with E-state index in [-0.39, 0.29) is 11.6 Å². The number of nitrogens with one attached hydrogen (secondary N) is 2. The van der Waals surface area contributed by atoms with E-state index in [0.29, 0.717) is 11.3 Å². The van der Waals surface area contributed by atoms with Crippen LogP contribution < -0.4 is 5.43 Å². The number of hydrogen-bond acceptors (Lipinski definition) is 5. The molecule has 0 aliphatic heterocycles. The van der Waals surface area contributed by atoms with Gasteiger partial charge in [-0.05, 0) is 36.6 Å². The Labute approximate surface area is 166 Å². The number of aromatic amines is 1. The molecule has 1 heterocycles. The average molecular weight is 387 g/mol. The van der Waals surface area contributed by atoms with Crippen molar-refractivity contribution < 1.29 is 9.72 Å². The minimum Gasteiger partial charge on any atom is -0.272 e. The number of rotatable bonds is 5. The number of nitro groups is 1. The molecular weight excluding hydrogens is 370 g/mol. The van der Waals surface area contributed by atoms with Crippen LogP contribution in [0.3, 0.4) is 0 Å². The summed E-state index contributed by atoms with van der Waals surface area (Å²) in [6.45, 7) is 0. The number of aromatic nitrogens is 2. The Morgan fingerprint density at radius 2 is 1.97 bits per heavy atom. The summed E-state index contributed by atoms with van der Waals surface area (Å²) in [5.41, 5.74) is 7.26. The molecule has 1 aromatic heterocycles. The standard InChI is InChI=1S/C21H17N5O3/c27-21(25-22-13-5-8-15-7-2-4-10-18(15)26(28)29)20-17-12-11-14-6-1-3-9-16(14)19(17)23-24-20/h1-10,13H,11-12H2,(H,23,24)(H,25,27)/b8-5-,22-13-. The third-order valence-electron chi connectivity index (χ3n) is 4.75.